The van der Waals surface area contributed by atoms with Crippen molar-refractivity contribution in [2.75, 3.05) is 0 Å². The Morgan fingerprint density at radius 3 is 2.60 bits per heavy atom. The van der Waals surface area contributed by atoms with Crippen molar-refractivity contribution in [1.82, 2.24) is 0 Å². The minimum atomic E-state index is -0.0856. The summed E-state index contributed by atoms with van der Waals surface area (Å²) in [6, 6.07) is 0. The quantitative estimate of drug-likeness (QED) is 0.439. The molecule has 0 aromatic rings. The molecule has 0 amide bonds. The Balaban J connectivity index is 1.48. The lowest BCUT2D eigenvalue weighted by Crippen LogP contribution is -2.50. The Morgan fingerprint density at radius 2 is 1.90 bits per heavy atom. The second-order valence-corrected chi connectivity index (χ2v) is 12.4. The van der Waals surface area contributed by atoms with Crippen molar-refractivity contribution in [2.45, 2.75) is 111 Å². The molecule has 4 aliphatic rings. The molecule has 1 N–H and O–H groups in total. The smallest absolute Gasteiger partial charge is 0.0577 e. The Kier molecular flexibility index (Phi) is 6.35. The van der Waals surface area contributed by atoms with Crippen molar-refractivity contribution in [3.05, 3.63) is 23.8 Å². The van der Waals surface area contributed by atoms with E-state index in [0.29, 0.717) is 10.8 Å². The van der Waals surface area contributed by atoms with Crippen LogP contribution in [0.5, 0.6) is 0 Å². The highest BCUT2D eigenvalue weighted by Gasteiger charge is 2.59. The van der Waals surface area contributed by atoms with E-state index >= 15 is 0 Å². The first-order valence-electron chi connectivity index (χ1n) is 13.2. The molecule has 4 aliphatic carbocycles. The largest absolute Gasteiger partial charge is 0.393 e. The summed E-state index contributed by atoms with van der Waals surface area (Å²) in [5.74, 6) is 5.16. The summed E-state index contributed by atoms with van der Waals surface area (Å²) in [5, 5.41) is 10.2. The van der Waals surface area contributed by atoms with Gasteiger partial charge in [-0.25, -0.2) is 0 Å². The fourth-order valence-electron chi connectivity index (χ4n) is 9.08. The van der Waals surface area contributed by atoms with Gasteiger partial charge in [0.15, 0.2) is 0 Å². The van der Waals surface area contributed by atoms with E-state index in [1.807, 2.05) is 0 Å². The van der Waals surface area contributed by atoms with Crippen LogP contribution in [-0.2, 0) is 0 Å². The van der Waals surface area contributed by atoms with Crippen LogP contribution in [0.25, 0.3) is 0 Å². The van der Waals surface area contributed by atoms with Crippen molar-refractivity contribution in [3.63, 3.8) is 0 Å². The second-order valence-electron chi connectivity index (χ2n) is 12.4. The molecule has 1 heteroatoms. The van der Waals surface area contributed by atoms with E-state index in [9.17, 15) is 5.11 Å². The highest BCUT2D eigenvalue weighted by molar-refractivity contribution is 5.25. The molecule has 0 aromatic carbocycles. The molecule has 3 saturated carbocycles. The Morgan fingerprint density at radius 1 is 1.13 bits per heavy atom. The molecule has 0 spiro atoms. The third-order valence-electron chi connectivity index (χ3n) is 11.0. The maximum absolute atomic E-state index is 10.2. The molecule has 1 nitrogen and oxygen atoms in total. The predicted molar refractivity (Wildman–Crippen MR) is 128 cm³/mol. The number of aliphatic hydroxyl groups excluding tert-OH is 1. The highest BCUT2D eigenvalue weighted by atomic mass is 16.3. The van der Waals surface area contributed by atoms with E-state index < -0.39 is 0 Å². The molecule has 170 valence electrons. The molecule has 0 radical (unpaired) electrons. The summed E-state index contributed by atoms with van der Waals surface area (Å²) in [7, 11) is 0. The van der Waals surface area contributed by atoms with Crippen LogP contribution in [0.15, 0.2) is 23.8 Å². The van der Waals surface area contributed by atoms with Gasteiger partial charge in [0.05, 0.1) is 6.10 Å². The summed E-state index contributed by atoms with van der Waals surface area (Å²) in [6.07, 6.45) is 16.7. The van der Waals surface area contributed by atoms with Crippen LogP contribution in [-0.4, -0.2) is 11.2 Å². The van der Waals surface area contributed by atoms with E-state index in [0.717, 1.165) is 48.3 Å². The number of hydrogen-bond acceptors (Lipinski definition) is 1. The van der Waals surface area contributed by atoms with E-state index in [4.69, 9.17) is 0 Å². The normalized spacial score (nSPS) is 45.0. The summed E-state index contributed by atoms with van der Waals surface area (Å²) < 4.78 is 0. The maximum Gasteiger partial charge on any atom is 0.0577 e. The lowest BCUT2D eigenvalue weighted by Gasteiger charge is -2.58. The predicted octanol–water partition coefficient (Wildman–Crippen LogP) is 7.94. The first kappa shape index (κ1) is 22.6. The van der Waals surface area contributed by atoms with Gasteiger partial charge in [0.2, 0.25) is 0 Å². The molecule has 0 unspecified atom stereocenters. The summed E-state index contributed by atoms with van der Waals surface area (Å²) in [4.78, 5) is 0. The first-order valence-corrected chi connectivity index (χ1v) is 13.2. The number of aliphatic hydroxyl groups is 1. The molecule has 9 atom stereocenters. The van der Waals surface area contributed by atoms with Crippen LogP contribution in [0.2, 0.25) is 0 Å². The SMILES string of the molecule is C=C(C)[C@@H](CC)CC[C@@H](C)[C@@H]1CC[C@@H]2[C@H]3CC=C4C[C@@H](O)CC[C@]4(C)[C@H]3CC[C@@]21C. The van der Waals surface area contributed by atoms with Gasteiger partial charge >= 0.3 is 0 Å². The zero-order chi connectivity index (χ0) is 21.7. The number of fused-ring (bicyclic) bond motifs is 5. The maximum atomic E-state index is 10.2. The zero-order valence-corrected chi connectivity index (χ0v) is 20.6. The number of hydrogen-bond donors (Lipinski definition) is 1. The molecule has 0 bridgehead atoms. The lowest BCUT2D eigenvalue weighted by molar-refractivity contribution is -0.0574. The van der Waals surface area contributed by atoms with Gasteiger partial charge in [-0.1, -0.05) is 51.5 Å². The van der Waals surface area contributed by atoms with Gasteiger partial charge in [0, 0.05) is 0 Å². The van der Waals surface area contributed by atoms with Crippen molar-refractivity contribution < 1.29 is 5.11 Å². The van der Waals surface area contributed by atoms with Crippen molar-refractivity contribution in [2.24, 2.45) is 46.3 Å². The van der Waals surface area contributed by atoms with Gasteiger partial charge in [-0.3, -0.25) is 0 Å². The molecule has 0 saturated heterocycles. The minimum Gasteiger partial charge on any atom is -0.393 e. The molecule has 0 heterocycles. The molecule has 3 fully saturated rings. The van der Waals surface area contributed by atoms with Crippen molar-refractivity contribution in [3.8, 4) is 0 Å². The standard InChI is InChI=1S/C29H48O/c1-7-21(19(2)3)9-8-20(4)25-12-13-26-24-11-10-22-18-23(30)14-16-28(22,5)27(24)15-17-29(25,26)6/h10,20-21,23-27,30H,2,7-9,11-18H2,1,3-6H3/t20-,21+,23+,24-,25+,26-,27+,28+,29-/m1/s1. The first-order chi connectivity index (χ1) is 14.2. The minimum absolute atomic E-state index is 0.0856. The summed E-state index contributed by atoms with van der Waals surface area (Å²) in [5.41, 5.74) is 3.93. The zero-order valence-electron chi connectivity index (χ0n) is 20.6. The van der Waals surface area contributed by atoms with Gasteiger partial charge in [0.1, 0.15) is 0 Å². The van der Waals surface area contributed by atoms with Crippen molar-refractivity contribution in [1.29, 1.82) is 0 Å². The van der Waals surface area contributed by atoms with Crippen LogP contribution < -0.4 is 0 Å². The van der Waals surface area contributed by atoms with Gasteiger partial charge in [-0.2, -0.15) is 0 Å². The average Bonchev–Trinajstić information content (AvgIpc) is 3.06. The fraction of sp³-hybridized carbons (Fsp3) is 0.862. The molecule has 30 heavy (non-hydrogen) atoms. The average molecular weight is 413 g/mol. The highest BCUT2D eigenvalue weighted by Crippen LogP contribution is 2.67. The number of rotatable bonds is 6. The van der Waals surface area contributed by atoms with Crippen LogP contribution in [0.1, 0.15) is 105 Å². The molecular weight excluding hydrogens is 364 g/mol. The van der Waals surface area contributed by atoms with Crippen LogP contribution >= 0.6 is 0 Å². The van der Waals surface area contributed by atoms with Gasteiger partial charge < -0.3 is 5.11 Å². The number of allylic oxidation sites excluding steroid dienone is 2. The van der Waals surface area contributed by atoms with E-state index in [-0.39, 0.29) is 6.10 Å². The van der Waals surface area contributed by atoms with Gasteiger partial charge in [-0.05, 0) is 124 Å². The van der Waals surface area contributed by atoms with E-state index in [2.05, 4.69) is 47.3 Å². The van der Waals surface area contributed by atoms with Crippen LogP contribution in [0.3, 0.4) is 0 Å². The van der Waals surface area contributed by atoms with E-state index in [1.54, 1.807) is 5.57 Å². The molecular formula is C29H48O. The molecule has 0 aliphatic heterocycles. The van der Waals surface area contributed by atoms with Crippen molar-refractivity contribution >= 4 is 0 Å². The topological polar surface area (TPSA) is 20.2 Å². The van der Waals surface area contributed by atoms with Gasteiger partial charge in [0.25, 0.3) is 0 Å². The summed E-state index contributed by atoms with van der Waals surface area (Å²) >= 11 is 0. The Labute approximate surface area is 186 Å². The monoisotopic (exact) mass is 412 g/mol. The molecule has 4 rings (SSSR count). The lowest BCUT2D eigenvalue weighted by atomic mass is 9.47. The fourth-order valence-corrected chi connectivity index (χ4v) is 9.08. The summed E-state index contributed by atoms with van der Waals surface area (Å²) in [6.45, 7) is 16.6. The molecule has 0 aromatic heterocycles. The van der Waals surface area contributed by atoms with Crippen LogP contribution in [0, 0.1) is 46.3 Å². The van der Waals surface area contributed by atoms with Crippen LogP contribution in [0.4, 0.5) is 0 Å². The van der Waals surface area contributed by atoms with E-state index in [1.165, 1.54) is 63.4 Å². The Hall–Kier alpha value is -0.560. The van der Waals surface area contributed by atoms with Gasteiger partial charge in [-0.15, -0.1) is 0 Å². The third-order valence-corrected chi connectivity index (χ3v) is 11.0. The Bertz CT molecular complexity index is 676. The third kappa shape index (κ3) is 3.66. The second kappa shape index (κ2) is 8.42.